The Bertz CT molecular complexity index is 263. The van der Waals surface area contributed by atoms with E-state index in [-0.39, 0.29) is 21.1 Å². The molecule has 0 aliphatic rings. The molecule has 12 radical (unpaired) electrons. The molecule has 0 unspecified atom stereocenters. The van der Waals surface area contributed by atoms with Gasteiger partial charge >= 0.3 is 0 Å². The Morgan fingerprint density at radius 2 is 1.22 bits per heavy atom. The minimum atomic E-state index is 0. The Kier molecular flexibility index (Phi) is 96.6. The number of carbonyl (C=O) groups excluding carboxylic acids is 5. The fraction of sp³-hybridized carbons (Fsp3) is 0.250. The summed E-state index contributed by atoms with van der Waals surface area (Å²) in [5.41, 5.74) is 1.01. The van der Waals surface area contributed by atoms with Crippen LogP contribution in [0.3, 0.4) is 0 Å². The Hall–Kier alpha value is -1.78. The van der Waals surface area contributed by atoms with Crippen LogP contribution >= 0.6 is 0 Å². The topological polar surface area (TPSA) is 94.6 Å². The monoisotopic (exact) mass is 486 g/mol. The zero-order valence-electron chi connectivity index (χ0n) is 12.4. The first-order valence-electron chi connectivity index (χ1n) is 5.38. The SMILES string of the molecule is CCCCO[C]c1ccccc1.[C]=O.[C]=O.[C]=O.[C]=O.[C]=O.[W]. The molecule has 23 heavy (non-hydrogen) atoms. The maximum Gasteiger partial charge on any atom is 0.281 e. The molecule has 0 saturated heterocycles. The van der Waals surface area contributed by atoms with Crippen LogP contribution in [0.5, 0.6) is 0 Å². The normalized spacial score (nSPS) is 6.13. The molecule has 0 heterocycles. The number of ether oxygens (including phenoxy) is 1. The van der Waals surface area contributed by atoms with Crippen molar-refractivity contribution in [3.05, 3.63) is 42.5 Å². The van der Waals surface area contributed by atoms with Crippen LogP contribution in [0.2, 0.25) is 0 Å². The Labute approximate surface area is 152 Å². The van der Waals surface area contributed by atoms with Gasteiger partial charge < -0.3 is 4.74 Å². The number of unbranched alkanes of at least 4 members (excludes halogenated alkanes) is 1. The second-order valence-corrected chi connectivity index (χ2v) is 2.67. The van der Waals surface area contributed by atoms with E-state index in [1.165, 1.54) is 0 Å². The molecule has 1 aromatic rings. The molecule has 0 saturated carbocycles. The first-order valence-corrected chi connectivity index (χ1v) is 5.38. The predicted molar refractivity (Wildman–Crippen MR) is 78.1 cm³/mol. The second-order valence-electron chi connectivity index (χ2n) is 2.67. The first kappa shape index (κ1) is 37.5. The van der Waals surface area contributed by atoms with Crippen molar-refractivity contribution in [2.45, 2.75) is 19.8 Å². The van der Waals surface area contributed by atoms with E-state index in [1.807, 2.05) is 30.3 Å². The summed E-state index contributed by atoms with van der Waals surface area (Å²) in [7, 11) is 0. The van der Waals surface area contributed by atoms with E-state index in [0.717, 1.165) is 25.0 Å². The maximum absolute atomic E-state index is 7.50. The van der Waals surface area contributed by atoms with Crippen molar-refractivity contribution >= 4 is 33.9 Å². The van der Waals surface area contributed by atoms with Crippen LogP contribution in [0.25, 0.3) is 0 Å². The summed E-state index contributed by atoms with van der Waals surface area (Å²) in [4.78, 5) is 37.5. The van der Waals surface area contributed by atoms with E-state index in [0.29, 0.717) is 0 Å². The quantitative estimate of drug-likeness (QED) is 0.575. The molecular weight excluding hydrogens is 472 g/mol. The third-order valence-electron chi connectivity index (χ3n) is 1.56. The number of hydrogen-bond acceptors (Lipinski definition) is 6. The molecule has 1 aromatic carbocycles. The van der Waals surface area contributed by atoms with Crippen LogP contribution in [-0.2, 0) is 49.8 Å². The molecule has 0 spiro atoms. The summed E-state index contributed by atoms with van der Waals surface area (Å²) in [5, 5.41) is 0. The third-order valence-corrected chi connectivity index (χ3v) is 1.56. The van der Waals surface area contributed by atoms with Gasteiger partial charge in [0.15, 0.2) is 6.61 Å². The van der Waals surface area contributed by atoms with Gasteiger partial charge in [-0.3, -0.25) is 24.0 Å². The molecule has 7 heteroatoms. The van der Waals surface area contributed by atoms with Crippen molar-refractivity contribution in [3.8, 4) is 0 Å². The van der Waals surface area contributed by atoms with Crippen LogP contribution in [0.1, 0.15) is 25.3 Å². The first-order chi connectivity index (χ1) is 10.9. The maximum atomic E-state index is 7.50. The summed E-state index contributed by atoms with van der Waals surface area (Å²) >= 11 is 0. The van der Waals surface area contributed by atoms with E-state index >= 15 is 0 Å². The number of rotatable bonds is 5. The molecule has 0 aromatic heterocycles. The zero-order valence-corrected chi connectivity index (χ0v) is 15.3. The van der Waals surface area contributed by atoms with Crippen LogP contribution in [0.15, 0.2) is 30.3 Å². The molecule has 0 atom stereocenters. The minimum absolute atomic E-state index is 0. The largest absolute Gasteiger partial charge is 0.363 e. The van der Waals surface area contributed by atoms with Crippen molar-refractivity contribution in [2.24, 2.45) is 0 Å². The van der Waals surface area contributed by atoms with Crippen LogP contribution in [0.4, 0.5) is 0 Å². The molecule has 0 aliphatic heterocycles. The second kappa shape index (κ2) is 59.3. The van der Waals surface area contributed by atoms with E-state index in [4.69, 9.17) is 28.7 Å². The van der Waals surface area contributed by atoms with Crippen LogP contribution < -0.4 is 0 Å². The fourth-order valence-corrected chi connectivity index (χ4v) is 0.857. The summed E-state index contributed by atoms with van der Waals surface area (Å²) in [6.07, 6.45) is 2.26. The summed E-state index contributed by atoms with van der Waals surface area (Å²) < 4.78 is 5.21. The Morgan fingerprint density at radius 1 is 0.826 bits per heavy atom. The average Bonchev–Trinajstić information content (AvgIpc) is 2.68. The smallest absolute Gasteiger partial charge is 0.281 e. The summed E-state index contributed by atoms with van der Waals surface area (Å²) in [6.45, 7) is 28.3. The van der Waals surface area contributed by atoms with E-state index < -0.39 is 0 Å². The molecule has 120 valence electrons. The molecule has 1 rings (SSSR count). The average molecular weight is 486 g/mol. The molecule has 6 nitrogen and oxygen atoms in total. The van der Waals surface area contributed by atoms with Gasteiger partial charge in [-0.05, 0) is 12.0 Å². The summed E-state index contributed by atoms with van der Waals surface area (Å²) in [5.74, 6) is 0. The Morgan fingerprint density at radius 3 is 1.57 bits per heavy atom. The van der Waals surface area contributed by atoms with Crippen LogP contribution in [0, 0.1) is 6.61 Å². The number of hydrogen-bond donors (Lipinski definition) is 0. The molecule has 0 fully saturated rings. The Balaban J connectivity index is -0.0000000565. The predicted octanol–water partition coefficient (Wildman–Crippen LogP) is 0.902. The van der Waals surface area contributed by atoms with Crippen molar-refractivity contribution in [2.75, 3.05) is 6.61 Å². The standard InChI is InChI=1S/C11H14O.5CO.W/c1-2-3-9-12-10-11-7-5-4-6-8-11;5*1-2;/h4-8H,2-3,9H2,1H3;;;;;;. The fourth-order valence-electron chi connectivity index (χ4n) is 0.857. The van der Waals surface area contributed by atoms with Gasteiger partial charge in [-0.15, -0.1) is 0 Å². The van der Waals surface area contributed by atoms with E-state index in [9.17, 15) is 0 Å². The molecule has 0 amide bonds. The van der Waals surface area contributed by atoms with Crippen molar-refractivity contribution < 1.29 is 49.8 Å². The van der Waals surface area contributed by atoms with Gasteiger partial charge in [-0.2, -0.15) is 0 Å². The van der Waals surface area contributed by atoms with Gasteiger partial charge in [0, 0.05) is 27.7 Å². The van der Waals surface area contributed by atoms with E-state index in [2.05, 4.69) is 47.5 Å². The molecule has 0 N–H and O–H groups in total. The van der Waals surface area contributed by atoms with Crippen molar-refractivity contribution in [1.29, 1.82) is 0 Å². The molecule has 0 bridgehead atoms. The van der Waals surface area contributed by atoms with Gasteiger partial charge in [-0.25, -0.2) is 0 Å². The molecule has 0 aliphatic carbocycles. The number of benzene rings is 1. The van der Waals surface area contributed by atoms with Gasteiger partial charge in [0.1, 0.15) is 0 Å². The zero-order chi connectivity index (χ0) is 18.6. The van der Waals surface area contributed by atoms with Crippen LogP contribution in [-0.4, -0.2) is 40.6 Å². The van der Waals surface area contributed by atoms with Gasteiger partial charge in [0.05, 0.1) is 0 Å². The van der Waals surface area contributed by atoms with Crippen molar-refractivity contribution in [3.63, 3.8) is 0 Å². The van der Waals surface area contributed by atoms with E-state index in [1.54, 1.807) is 0 Å². The van der Waals surface area contributed by atoms with Gasteiger partial charge in [-0.1, -0.05) is 43.7 Å². The van der Waals surface area contributed by atoms with Gasteiger partial charge in [0.2, 0.25) is 0 Å². The minimum Gasteiger partial charge on any atom is -0.363 e. The van der Waals surface area contributed by atoms with Crippen molar-refractivity contribution in [1.82, 2.24) is 0 Å². The molecular formula is C16H14O6W. The third kappa shape index (κ3) is 45.0. The van der Waals surface area contributed by atoms with Gasteiger partial charge in [0.25, 0.3) is 33.9 Å². The summed E-state index contributed by atoms with van der Waals surface area (Å²) in [6, 6.07) is 9.89.